The van der Waals surface area contributed by atoms with Gasteiger partial charge in [-0.1, -0.05) is 6.07 Å². The van der Waals surface area contributed by atoms with Gasteiger partial charge in [-0.2, -0.15) is 0 Å². The van der Waals surface area contributed by atoms with Gasteiger partial charge < -0.3 is 14.5 Å². The van der Waals surface area contributed by atoms with Gasteiger partial charge in [0.15, 0.2) is 6.61 Å². The van der Waals surface area contributed by atoms with E-state index < -0.39 is 0 Å². The normalized spacial score (nSPS) is 10.4. The summed E-state index contributed by atoms with van der Waals surface area (Å²) in [5.74, 6) is 1.76. The summed E-state index contributed by atoms with van der Waals surface area (Å²) in [5, 5.41) is 13.0. The molecule has 0 saturated carbocycles. The third-order valence-corrected chi connectivity index (χ3v) is 3.56. The lowest BCUT2D eigenvalue weighted by Gasteiger charge is -2.04. The second-order valence-corrected chi connectivity index (χ2v) is 4.99. The maximum absolute atomic E-state index is 5.60. The largest absolute Gasteiger partial charge is 0.484 e. The molecule has 0 spiro atoms. The maximum atomic E-state index is 5.60. The highest BCUT2D eigenvalue weighted by Gasteiger charge is 2.09. The predicted molar refractivity (Wildman–Crippen MR) is 77.9 cm³/mol. The molecule has 20 heavy (non-hydrogen) atoms. The van der Waals surface area contributed by atoms with Gasteiger partial charge in [-0.15, -0.1) is 21.5 Å². The van der Waals surface area contributed by atoms with Gasteiger partial charge in [0.2, 0.25) is 0 Å². The Bertz CT molecular complexity index is 662. The van der Waals surface area contributed by atoms with Gasteiger partial charge >= 0.3 is 0 Å². The minimum atomic E-state index is 0.261. The summed E-state index contributed by atoms with van der Waals surface area (Å²) in [5.41, 5.74) is 1.04. The molecule has 0 saturated heterocycles. The molecule has 5 nitrogen and oxygen atoms in total. The summed E-state index contributed by atoms with van der Waals surface area (Å²) >= 11 is 1.56. The summed E-state index contributed by atoms with van der Waals surface area (Å²) in [6.45, 7) is 0.261. The number of ether oxygens (including phenoxy) is 1. The number of thiophene rings is 1. The van der Waals surface area contributed by atoms with E-state index in [-0.39, 0.29) is 6.61 Å². The van der Waals surface area contributed by atoms with Crippen molar-refractivity contribution < 1.29 is 9.15 Å². The number of anilines is 1. The van der Waals surface area contributed by atoms with E-state index in [4.69, 9.17) is 9.15 Å². The van der Waals surface area contributed by atoms with Crippen LogP contribution < -0.4 is 10.1 Å². The fourth-order valence-electron chi connectivity index (χ4n) is 1.67. The molecule has 2 heterocycles. The van der Waals surface area contributed by atoms with Crippen molar-refractivity contribution in [1.29, 1.82) is 0 Å². The third-order valence-electron chi connectivity index (χ3n) is 2.70. The van der Waals surface area contributed by atoms with Crippen LogP contribution in [-0.2, 0) is 6.61 Å². The van der Waals surface area contributed by atoms with Gasteiger partial charge in [0.25, 0.3) is 11.8 Å². The molecule has 0 aliphatic rings. The highest BCUT2D eigenvalue weighted by atomic mass is 32.1. The second-order valence-electron chi connectivity index (χ2n) is 4.04. The Hall–Kier alpha value is -2.34. The van der Waals surface area contributed by atoms with E-state index in [1.54, 1.807) is 11.3 Å². The summed E-state index contributed by atoms with van der Waals surface area (Å²) in [7, 11) is 1.88. The van der Waals surface area contributed by atoms with E-state index in [9.17, 15) is 0 Å². The van der Waals surface area contributed by atoms with Gasteiger partial charge in [0, 0.05) is 12.7 Å². The zero-order valence-corrected chi connectivity index (χ0v) is 11.7. The number of benzene rings is 1. The van der Waals surface area contributed by atoms with Crippen LogP contribution in [-0.4, -0.2) is 17.2 Å². The van der Waals surface area contributed by atoms with E-state index in [1.807, 2.05) is 48.8 Å². The minimum absolute atomic E-state index is 0.261. The Labute approximate surface area is 120 Å². The van der Waals surface area contributed by atoms with E-state index in [0.717, 1.165) is 16.3 Å². The van der Waals surface area contributed by atoms with E-state index in [2.05, 4.69) is 15.5 Å². The van der Waals surface area contributed by atoms with Crippen molar-refractivity contribution in [3.05, 3.63) is 47.7 Å². The Balaban J connectivity index is 1.63. The van der Waals surface area contributed by atoms with Gasteiger partial charge in [0.05, 0.1) is 4.88 Å². The Morgan fingerprint density at radius 2 is 2.05 bits per heavy atom. The first kappa shape index (κ1) is 12.7. The standard InChI is InChI=1S/C14H13N3O2S/c1-15-10-4-6-11(7-5-10)18-9-13-16-17-14(19-13)12-3-2-8-20-12/h2-8,15H,9H2,1H3. The van der Waals surface area contributed by atoms with Gasteiger partial charge in [-0.25, -0.2) is 0 Å². The smallest absolute Gasteiger partial charge is 0.257 e. The molecule has 0 radical (unpaired) electrons. The Morgan fingerprint density at radius 3 is 2.75 bits per heavy atom. The minimum Gasteiger partial charge on any atom is -0.484 e. The van der Waals surface area contributed by atoms with Crippen molar-refractivity contribution in [3.8, 4) is 16.5 Å². The number of hydrogen-bond donors (Lipinski definition) is 1. The molecule has 0 atom stereocenters. The van der Waals surface area contributed by atoms with Crippen LogP contribution in [0.25, 0.3) is 10.8 Å². The van der Waals surface area contributed by atoms with Crippen LogP contribution in [0.2, 0.25) is 0 Å². The van der Waals surface area contributed by atoms with Crippen molar-refractivity contribution >= 4 is 17.0 Å². The molecular formula is C14H13N3O2S. The Morgan fingerprint density at radius 1 is 1.20 bits per heavy atom. The second kappa shape index (κ2) is 5.75. The highest BCUT2D eigenvalue weighted by molar-refractivity contribution is 7.13. The monoisotopic (exact) mass is 287 g/mol. The average molecular weight is 287 g/mol. The summed E-state index contributed by atoms with van der Waals surface area (Å²) in [6, 6.07) is 11.6. The molecule has 0 unspecified atom stereocenters. The lowest BCUT2D eigenvalue weighted by molar-refractivity contribution is 0.264. The van der Waals surface area contributed by atoms with Crippen LogP contribution >= 0.6 is 11.3 Å². The van der Waals surface area contributed by atoms with Gasteiger partial charge in [-0.05, 0) is 35.7 Å². The van der Waals surface area contributed by atoms with Crippen molar-refractivity contribution in [3.63, 3.8) is 0 Å². The number of hydrogen-bond acceptors (Lipinski definition) is 6. The molecule has 6 heteroatoms. The molecule has 0 amide bonds. The lowest BCUT2D eigenvalue weighted by Crippen LogP contribution is -1.96. The van der Waals surface area contributed by atoms with Crippen LogP contribution in [0.1, 0.15) is 5.89 Å². The van der Waals surface area contributed by atoms with E-state index in [0.29, 0.717) is 11.8 Å². The molecule has 0 aliphatic heterocycles. The summed E-state index contributed by atoms with van der Waals surface area (Å²) < 4.78 is 11.1. The fraction of sp³-hybridized carbons (Fsp3) is 0.143. The first-order valence-corrected chi connectivity index (χ1v) is 7.00. The Kier molecular flexibility index (Phi) is 3.64. The zero-order chi connectivity index (χ0) is 13.8. The topological polar surface area (TPSA) is 60.2 Å². The van der Waals surface area contributed by atoms with Crippen molar-refractivity contribution in [2.75, 3.05) is 12.4 Å². The van der Waals surface area contributed by atoms with Crippen LogP contribution in [0.5, 0.6) is 5.75 Å². The number of nitrogens with one attached hydrogen (secondary N) is 1. The molecule has 1 N–H and O–H groups in total. The van der Waals surface area contributed by atoms with Crippen molar-refractivity contribution in [2.24, 2.45) is 0 Å². The fourth-order valence-corrected chi connectivity index (χ4v) is 2.32. The molecule has 0 bridgehead atoms. The molecule has 3 aromatic rings. The molecule has 1 aromatic carbocycles. The number of nitrogens with zero attached hydrogens (tertiary/aromatic N) is 2. The number of rotatable bonds is 5. The SMILES string of the molecule is CNc1ccc(OCc2nnc(-c3cccs3)o2)cc1. The highest BCUT2D eigenvalue weighted by Crippen LogP contribution is 2.23. The summed E-state index contributed by atoms with van der Waals surface area (Å²) in [4.78, 5) is 0.960. The molecule has 102 valence electrons. The first-order chi connectivity index (χ1) is 9.85. The maximum Gasteiger partial charge on any atom is 0.257 e. The summed E-state index contributed by atoms with van der Waals surface area (Å²) in [6.07, 6.45) is 0. The van der Waals surface area contributed by atoms with E-state index in [1.165, 1.54) is 0 Å². The third kappa shape index (κ3) is 2.80. The van der Waals surface area contributed by atoms with Gasteiger partial charge in [0.1, 0.15) is 5.75 Å². The van der Waals surface area contributed by atoms with Crippen molar-refractivity contribution in [1.82, 2.24) is 10.2 Å². The quantitative estimate of drug-likeness (QED) is 0.779. The average Bonchev–Trinajstić information content (AvgIpc) is 3.16. The molecular weight excluding hydrogens is 274 g/mol. The van der Waals surface area contributed by atoms with E-state index >= 15 is 0 Å². The predicted octanol–water partition coefficient (Wildman–Crippen LogP) is 3.42. The van der Waals surface area contributed by atoms with Crippen LogP contribution in [0.15, 0.2) is 46.2 Å². The first-order valence-electron chi connectivity index (χ1n) is 6.12. The molecule has 0 fully saturated rings. The number of aromatic nitrogens is 2. The van der Waals surface area contributed by atoms with Gasteiger partial charge in [-0.3, -0.25) is 0 Å². The zero-order valence-electron chi connectivity index (χ0n) is 10.9. The lowest BCUT2D eigenvalue weighted by atomic mass is 10.3. The van der Waals surface area contributed by atoms with Crippen LogP contribution in [0.3, 0.4) is 0 Å². The molecule has 3 rings (SSSR count). The molecule has 2 aromatic heterocycles. The van der Waals surface area contributed by atoms with Crippen LogP contribution in [0.4, 0.5) is 5.69 Å². The van der Waals surface area contributed by atoms with Crippen LogP contribution in [0, 0.1) is 0 Å². The van der Waals surface area contributed by atoms with Crippen molar-refractivity contribution in [2.45, 2.75) is 6.61 Å². The molecule has 0 aliphatic carbocycles.